The van der Waals surface area contributed by atoms with Gasteiger partial charge in [-0.15, -0.1) is 0 Å². The molecule has 0 aliphatic carbocycles. The summed E-state index contributed by atoms with van der Waals surface area (Å²) in [4.78, 5) is 34.2. The number of rotatable bonds is 10. The molecule has 0 saturated carbocycles. The van der Waals surface area contributed by atoms with E-state index in [0.717, 1.165) is 40.9 Å². The summed E-state index contributed by atoms with van der Waals surface area (Å²) in [5.74, 6) is -0.337. The number of hydrogen-bond donors (Lipinski definition) is 0. The maximum Gasteiger partial charge on any atom is 0.234 e. The first-order chi connectivity index (χ1) is 27.6. The minimum absolute atomic E-state index is 0.142. The third-order valence-electron chi connectivity index (χ3n) is 11.4. The highest BCUT2D eigenvalue weighted by Crippen LogP contribution is 2.41. The Bertz CT molecular complexity index is 2340. The fourth-order valence-electron chi connectivity index (χ4n) is 8.75. The van der Waals surface area contributed by atoms with Crippen LogP contribution in [0.3, 0.4) is 0 Å². The lowest BCUT2D eigenvalue weighted by atomic mass is 9.92. The maximum atomic E-state index is 14.0. The van der Waals surface area contributed by atoms with Crippen LogP contribution in [-0.4, -0.2) is 33.2 Å². The highest BCUT2D eigenvalue weighted by Gasteiger charge is 2.39. The lowest BCUT2D eigenvalue weighted by Crippen LogP contribution is -2.53. The summed E-state index contributed by atoms with van der Waals surface area (Å²) in [7, 11) is 0. The van der Waals surface area contributed by atoms with E-state index < -0.39 is 0 Å². The smallest absolute Gasteiger partial charge is 0.234 e. The van der Waals surface area contributed by atoms with Gasteiger partial charge in [0.2, 0.25) is 11.8 Å². The molecule has 1 saturated heterocycles. The molecule has 7 aromatic rings. The van der Waals surface area contributed by atoms with Crippen molar-refractivity contribution in [2.45, 2.75) is 37.6 Å². The average Bonchev–Trinajstić information content (AvgIpc) is 3.69. The van der Waals surface area contributed by atoms with Crippen LogP contribution in [0.2, 0.25) is 0 Å². The lowest BCUT2D eigenvalue weighted by molar-refractivity contribution is -0.154. The Kier molecular flexibility index (Phi) is 9.83. The number of nitrogens with zero attached hydrogens (tertiary/aromatic N) is 3. The average molecular weight is 730 g/mol. The normalized spacial score (nSPS) is 15.0. The van der Waals surface area contributed by atoms with E-state index >= 15 is 0 Å². The molecule has 1 unspecified atom stereocenters. The maximum absolute atomic E-state index is 14.0. The minimum atomic E-state index is -0.380. The minimum Gasteiger partial charge on any atom is -0.313 e. The molecule has 7 aromatic carbocycles. The van der Waals surface area contributed by atoms with Crippen LogP contribution in [-0.2, 0) is 22.7 Å². The number of carbonyl (C=O) groups excluding carboxylic acids is 2. The van der Waals surface area contributed by atoms with E-state index in [1.807, 2.05) is 64.4 Å². The molecule has 2 amide bonds. The van der Waals surface area contributed by atoms with Gasteiger partial charge in [0.15, 0.2) is 0 Å². The summed E-state index contributed by atoms with van der Waals surface area (Å²) in [5, 5.41) is 0. The highest BCUT2D eigenvalue weighted by molar-refractivity contribution is 5.99. The van der Waals surface area contributed by atoms with Crippen molar-refractivity contribution < 1.29 is 9.59 Å². The van der Waals surface area contributed by atoms with E-state index in [1.165, 1.54) is 27.8 Å². The summed E-state index contributed by atoms with van der Waals surface area (Å²) in [5.41, 5.74) is 11.7. The summed E-state index contributed by atoms with van der Waals surface area (Å²) in [6, 6.07) is 66.8. The first-order valence-electron chi connectivity index (χ1n) is 19.4. The van der Waals surface area contributed by atoms with Crippen molar-refractivity contribution in [2.75, 3.05) is 6.67 Å². The van der Waals surface area contributed by atoms with Crippen LogP contribution in [0.15, 0.2) is 194 Å². The van der Waals surface area contributed by atoms with E-state index in [1.54, 1.807) is 0 Å². The molecule has 1 fully saturated rings. The van der Waals surface area contributed by atoms with Crippen molar-refractivity contribution in [1.82, 2.24) is 14.7 Å². The van der Waals surface area contributed by atoms with Crippen molar-refractivity contribution in [3.8, 4) is 11.1 Å². The fourth-order valence-corrected chi connectivity index (χ4v) is 8.75. The van der Waals surface area contributed by atoms with Gasteiger partial charge in [-0.05, 0) is 55.6 Å². The van der Waals surface area contributed by atoms with Crippen molar-refractivity contribution >= 4 is 11.8 Å². The van der Waals surface area contributed by atoms with Crippen LogP contribution in [0.25, 0.3) is 11.1 Å². The summed E-state index contributed by atoms with van der Waals surface area (Å²) in [6.07, 6.45) is -0.183. The molecule has 2 aliphatic rings. The quantitative estimate of drug-likeness (QED) is 0.132. The Morgan fingerprint density at radius 1 is 0.375 bits per heavy atom. The standard InChI is InChI=1S/C51H43N3O2/c55-47-33-48(56)54(36-53(47)50(40-21-10-3-11-22-40)41-23-12-4-13-24-41)51(42-25-14-5-15-26-42)43-31-29-37(30-32-43)45-28-16-27-44-34-52(35-46(44)45)49(38-17-6-1-7-18-38)39-19-8-2-9-20-39/h1-32,49-51H,33-36H2. The third kappa shape index (κ3) is 6.94. The molecule has 0 spiro atoms. The van der Waals surface area contributed by atoms with Gasteiger partial charge >= 0.3 is 0 Å². The summed E-state index contributed by atoms with van der Waals surface area (Å²) in [6.45, 7) is 1.87. The van der Waals surface area contributed by atoms with Crippen molar-refractivity contribution in [3.63, 3.8) is 0 Å². The van der Waals surface area contributed by atoms with Crippen LogP contribution >= 0.6 is 0 Å². The second-order valence-corrected chi connectivity index (χ2v) is 14.8. The van der Waals surface area contributed by atoms with E-state index in [0.29, 0.717) is 0 Å². The molecule has 0 N–H and O–H groups in total. The lowest BCUT2D eigenvalue weighted by Gasteiger charge is -2.43. The Morgan fingerprint density at radius 2 is 0.768 bits per heavy atom. The number of amides is 2. The third-order valence-corrected chi connectivity index (χ3v) is 11.4. The van der Waals surface area contributed by atoms with Crippen LogP contribution in [0.4, 0.5) is 0 Å². The van der Waals surface area contributed by atoms with Gasteiger partial charge in [-0.25, -0.2) is 0 Å². The Labute approximate surface area is 329 Å². The van der Waals surface area contributed by atoms with E-state index in [-0.39, 0.29) is 43.0 Å². The molecule has 274 valence electrons. The number of fused-ring (bicyclic) bond motifs is 1. The monoisotopic (exact) mass is 729 g/mol. The van der Waals surface area contributed by atoms with Crippen LogP contribution in [0, 0.1) is 0 Å². The predicted octanol–water partition coefficient (Wildman–Crippen LogP) is 10.4. The Hall–Kier alpha value is -6.56. The molecule has 0 aromatic heterocycles. The Balaban J connectivity index is 1.04. The molecule has 0 radical (unpaired) electrons. The van der Waals surface area contributed by atoms with Crippen molar-refractivity contribution in [1.29, 1.82) is 0 Å². The fraction of sp³-hybridized carbons (Fsp3) is 0.137. The number of hydrogen-bond acceptors (Lipinski definition) is 3. The largest absolute Gasteiger partial charge is 0.313 e. The molecule has 5 heteroatoms. The highest BCUT2D eigenvalue weighted by atomic mass is 16.2. The van der Waals surface area contributed by atoms with Crippen molar-refractivity contribution in [3.05, 3.63) is 239 Å². The second-order valence-electron chi connectivity index (χ2n) is 14.8. The number of carbonyl (C=O) groups is 2. The summed E-state index contributed by atoms with van der Waals surface area (Å²) < 4.78 is 0. The van der Waals surface area contributed by atoms with Gasteiger partial charge in [-0.2, -0.15) is 0 Å². The Morgan fingerprint density at radius 3 is 1.20 bits per heavy atom. The zero-order valence-electron chi connectivity index (χ0n) is 31.2. The van der Waals surface area contributed by atoms with E-state index in [9.17, 15) is 9.59 Å². The molecule has 0 bridgehead atoms. The first-order valence-corrected chi connectivity index (χ1v) is 19.4. The molecule has 2 heterocycles. The number of benzene rings is 7. The van der Waals surface area contributed by atoms with Crippen LogP contribution in [0.5, 0.6) is 0 Å². The summed E-state index contributed by atoms with van der Waals surface area (Å²) >= 11 is 0. The van der Waals surface area contributed by atoms with Crippen LogP contribution in [0.1, 0.15) is 69.1 Å². The molecule has 9 rings (SSSR count). The van der Waals surface area contributed by atoms with E-state index in [2.05, 4.69) is 144 Å². The second kappa shape index (κ2) is 15.7. The molecular formula is C51H43N3O2. The topological polar surface area (TPSA) is 43.9 Å². The zero-order valence-corrected chi connectivity index (χ0v) is 31.2. The van der Waals surface area contributed by atoms with Gasteiger partial charge in [0.25, 0.3) is 0 Å². The van der Waals surface area contributed by atoms with Gasteiger partial charge in [-0.1, -0.05) is 194 Å². The molecular weight excluding hydrogens is 687 g/mol. The molecule has 1 atom stereocenters. The van der Waals surface area contributed by atoms with Gasteiger partial charge in [0.1, 0.15) is 6.42 Å². The van der Waals surface area contributed by atoms with Gasteiger partial charge in [-0.3, -0.25) is 14.5 Å². The zero-order chi connectivity index (χ0) is 37.8. The SMILES string of the molecule is O=C1CC(=O)N(C(c2ccccc2)c2ccc(-c3cccc4c3CN(C(c3ccccc3)c3ccccc3)C4)cc2)CN1C(c1ccccc1)c1ccccc1. The van der Waals surface area contributed by atoms with Crippen LogP contribution < -0.4 is 0 Å². The molecule has 5 nitrogen and oxygen atoms in total. The first kappa shape index (κ1) is 35.2. The molecule has 56 heavy (non-hydrogen) atoms. The van der Waals surface area contributed by atoms with Gasteiger partial charge < -0.3 is 9.80 Å². The van der Waals surface area contributed by atoms with Crippen molar-refractivity contribution in [2.24, 2.45) is 0 Å². The van der Waals surface area contributed by atoms with Gasteiger partial charge in [0.05, 0.1) is 24.8 Å². The molecule has 2 aliphatic heterocycles. The van der Waals surface area contributed by atoms with Gasteiger partial charge in [0, 0.05) is 13.1 Å². The van der Waals surface area contributed by atoms with E-state index in [4.69, 9.17) is 0 Å². The predicted molar refractivity (Wildman–Crippen MR) is 222 cm³/mol.